The summed E-state index contributed by atoms with van der Waals surface area (Å²) in [7, 11) is 0. The van der Waals surface area contributed by atoms with Crippen LogP contribution in [0.15, 0.2) is 18.2 Å². The number of carbonyl (C=O) groups is 3. The Morgan fingerprint density at radius 2 is 2.14 bits per heavy atom. The van der Waals surface area contributed by atoms with Crippen molar-refractivity contribution in [3.8, 4) is 0 Å². The van der Waals surface area contributed by atoms with Gasteiger partial charge in [0, 0.05) is 29.8 Å². The molecule has 1 unspecified atom stereocenters. The summed E-state index contributed by atoms with van der Waals surface area (Å²) in [4.78, 5) is 36.2. The third kappa shape index (κ3) is 3.81. The van der Waals surface area contributed by atoms with Gasteiger partial charge in [0.15, 0.2) is 5.12 Å². The highest BCUT2D eigenvalue weighted by molar-refractivity contribution is 8.13. The number of anilines is 1. The Hall–Kier alpha value is -1.53. The van der Waals surface area contributed by atoms with E-state index in [1.54, 1.807) is 18.2 Å². The van der Waals surface area contributed by atoms with Gasteiger partial charge < -0.3 is 5.11 Å². The maximum atomic E-state index is 12.4. The highest BCUT2D eigenvalue weighted by Gasteiger charge is 2.35. The van der Waals surface area contributed by atoms with Crippen LogP contribution in [0.4, 0.5) is 5.69 Å². The molecular weight excluding hydrogens is 326 g/mol. The molecule has 1 N–H and O–H groups in total. The Morgan fingerprint density at radius 1 is 1.41 bits per heavy atom. The molecule has 1 aromatic rings. The predicted octanol–water partition coefficient (Wildman–Crippen LogP) is 2.74. The average molecular weight is 342 g/mol. The molecule has 0 saturated carbocycles. The van der Waals surface area contributed by atoms with Crippen LogP contribution in [0.25, 0.3) is 0 Å². The fourth-order valence-electron chi connectivity index (χ4n) is 2.52. The lowest BCUT2D eigenvalue weighted by Gasteiger charge is -2.35. The quantitative estimate of drug-likeness (QED) is 0.911. The zero-order chi connectivity index (χ0) is 16.3. The zero-order valence-corrected chi connectivity index (χ0v) is 13.6. The molecule has 22 heavy (non-hydrogen) atoms. The molecule has 0 fully saturated rings. The molecule has 1 aliphatic rings. The Bertz CT molecular complexity index is 620. The summed E-state index contributed by atoms with van der Waals surface area (Å²) in [6.07, 6.45) is 1.04. The predicted molar refractivity (Wildman–Crippen MR) is 86.4 cm³/mol. The Balaban J connectivity index is 2.25. The largest absolute Gasteiger partial charge is 0.480 e. The summed E-state index contributed by atoms with van der Waals surface area (Å²) in [5.74, 6) is -0.961. The van der Waals surface area contributed by atoms with Crippen LogP contribution in [0.1, 0.15) is 25.3 Å². The highest BCUT2D eigenvalue weighted by Crippen LogP contribution is 2.33. The molecule has 0 aliphatic carbocycles. The van der Waals surface area contributed by atoms with Gasteiger partial charge in [-0.1, -0.05) is 23.4 Å². The van der Waals surface area contributed by atoms with E-state index in [-0.39, 0.29) is 17.4 Å². The molecule has 1 amide bonds. The van der Waals surface area contributed by atoms with Gasteiger partial charge in [-0.05, 0) is 36.6 Å². The van der Waals surface area contributed by atoms with E-state index in [2.05, 4.69) is 0 Å². The summed E-state index contributed by atoms with van der Waals surface area (Å²) < 4.78 is 0. The maximum Gasteiger partial charge on any atom is 0.326 e. The summed E-state index contributed by atoms with van der Waals surface area (Å²) in [5.41, 5.74) is 1.47. The molecule has 5 nitrogen and oxygen atoms in total. The summed E-state index contributed by atoms with van der Waals surface area (Å²) in [6, 6.07) is 4.22. The van der Waals surface area contributed by atoms with Crippen LogP contribution in [0.2, 0.25) is 5.02 Å². The van der Waals surface area contributed by atoms with E-state index in [4.69, 9.17) is 11.6 Å². The van der Waals surface area contributed by atoms with Gasteiger partial charge in [-0.15, -0.1) is 0 Å². The number of aliphatic carboxylic acids is 1. The van der Waals surface area contributed by atoms with Crippen LogP contribution in [-0.4, -0.2) is 33.9 Å². The fourth-order valence-corrected chi connectivity index (χ4v) is 3.28. The topological polar surface area (TPSA) is 74.7 Å². The van der Waals surface area contributed by atoms with Crippen LogP contribution in [-0.2, 0) is 20.8 Å². The van der Waals surface area contributed by atoms with Crippen molar-refractivity contribution in [3.05, 3.63) is 28.8 Å². The van der Waals surface area contributed by atoms with Crippen molar-refractivity contribution in [2.75, 3.05) is 10.7 Å². The average Bonchev–Trinajstić information content (AvgIpc) is 2.44. The minimum atomic E-state index is -1.02. The number of carboxylic acid groups (broad SMARTS) is 1. The number of aryl methyl sites for hydroxylation is 1. The van der Waals surface area contributed by atoms with Crippen LogP contribution < -0.4 is 4.90 Å². The number of benzene rings is 1. The molecule has 1 heterocycles. The van der Waals surface area contributed by atoms with Gasteiger partial charge in [0.25, 0.3) is 0 Å². The number of rotatable bonds is 4. The second-order valence-corrected chi connectivity index (χ2v) is 6.73. The van der Waals surface area contributed by atoms with Gasteiger partial charge >= 0.3 is 5.97 Å². The number of fused-ring (bicyclic) bond motifs is 1. The lowest BCUT2D eigenvalue weighted by molar-refractivity contribution is -0.140. The van der Waals surface area contributed by atoms with Crippen molar-refractivity contribution in [1.82, 2.24) is 0 Å². The molecule has 1 aromatic carbocycles. The second kappa shape index (κ2) is 7.15. The van der Waals surface area contributed by atoms with E-state index < -0.39 is 12.0 Å². The Labute approximate surface area is 137 Å². The number of halogens is 1. The van der Waals surface area contributed by atoms with Gasteiger partial charge in [0.1, 0.15) is 6.04 Å². The minimum absolute atomic E-state index is 0.0617. The van der Waals surface area contributed by atoms with Crippen LogP contribution in [0.5, 0.6) is 0 Å². The number of nitrogens with zero attached hydrogens (tertiary/aromatic N) is 1. The first-order chi connectivity index (χ1) is 10.4. The van der Waals surface area contributed by atoms with Crippen LogP contribution in [0.3, 0.4) is 0 Å². The van der Waals surface area contributed by atoms with E-state index in [9.17, 15) is 19.5 Å². The first-order valence-corrected chi connectivity index (χ1v) is 8.23. The van der Waals surface area contributed by atoms with Crippen molar-refractivity contribution in [3.63, 3.8) is 0 Å². The zero-order valence-electron chi connectivity index (χ0n) is 12.0. The van der Waals surface area contributed by atoms with E-state index in [0.29, 0.717) is 29.3 Å². The lowest BCUT2D eigenvalue weighted by atomic mass is 9.95. The van der Waals surface area contributed by atoms with Gasteiger partial charge in [0.05, 0.1) is 0 Å². The standard InChI is InChI=1S/C15H16ClNO4S/c1-9(18)22-7-6-14(19)17-12-5-3-11(16)8-10(12)2-4-13(17)15(20)21/h3,5,8,13H,2,4,6-7H2,1H3,(H,20,21). The normalized spacial score (nSPS) is 17.0. The second-order valence-electron chi connectivity index (χ2n) is 5.02. The number of hydrogen-bond donors (Lipinski definition) is 1. The van der Waals surface area contributed by atoms with Gasteiger partial charge in [-0.25, -0.2) is 4.79 Å². The third-order valence-electron chi connectivity index (χ3n) is 3.47. The van der Waals surface area contributed by atoms with Crippen molar-refractivity contribution in [1.29, 1.82) is 0 Å². The number of carboxylic acids is 1. The molecule has 0 radical (unpaired) electrons. The smallest absolute Gasteiger partial charge is 0.326 e. The Morgan fingerprint density at radius 3 is 2.77 bits per heavy atom. The van der Waals surface area contributed by atoms with Crippen LogP contribution >= 0.6 is 23.4 Å². The van der Waals surface area contributed by atoms with Gasteiger partial charge in [-0.3, -0.25) is 14.5 Å². The molecule has 1 atom stereocenters. The SMILES string of the molecule is CC(=O)SCCC(=O)N1c2ccc(Cl)cc2CCC1C(=O)O. The first kappa shape index (κ1) is 16.8. The molecule has 1 aliphatic heterocycles. The molecule has 0 spiro atoms. The molecule has 0 saturated heterocycles. The molecule has 118 valence electrons. The van der Waals surface area contributed by atoms with Crippen molar-refractivity contribution in [2.45, 2.75) is 32.2 Å². The fraction of sp³-hybridized carbons (Fsp3) is 0.400. The minimum Gasteiger partial charge on any atom is -0.480 e. The molecule has 0 aromatic heterocycles. The van der Waals surface area contributed by atoms with Crippen LogP contribution in [0, 0.1) is 0 Å². The van der Waals surface area contributed by atoms with Crippen molar-refractivity contribution in [2.24, 2.45) is 0 Å². The van der Waals surface area contributed by atoms with E-state index >= 15 is 0 Å². The van der Waals surface area contributed by atoms with Crippen molar-refractivity contribution < 1.29 is 19.5 Å². The molecule has 7 heteroatoms. The number of amides is 1. The van der Waals surface area contributed by atoms with E-state index in [0.717, 1.165) is 17.3 Å². The monoisotopic (exact) mass is 341 g/mol. The van der Waals surface area contributed by atoms with Gasteiger partial charge in [-0.2, -0.15) is 0 Å². The Kier molecular flexibility index (Phi) is 5.47. The first-order valence-electron chi connectivity index (χ1n) is 6.87. The summed E-state index contributed by atoms with van der Waals surface area (Å²) >= 11 is 7.02. The van der Waals surface area contributed by atoms with Gasteiger partial charge in [0.2, 0.25) is 5.91 Å². The van der Waals surface area contributed by atoms with Crippen molar-refractivity contribution >= 4 is 46.0 Å². The number of thioether (sulfide) groups is 1. The third-order valence-corrected chi connectivity index (χ3v) is 4.52. The van der Waals surface area contributed by atoms with E-state index in [1.807, 2.05) is 0 Å². The number of hydrogen-bond acceptors (Lipinski definition) is 4. The summed E-state index contributed by atoms with van der Waals surface area (Å²) in [6.45, 7) is 1.44. The molecule has 0 bridgehead atoms. The maximum absolute atomic E-state index is 12.4. The highest BCUT2D eigenvalue weighted by atomic mass is 35.5. The lowest BCUT2D eigenvalue weighted by Crippen LogP contribution is -2.48. The number of carbonyl (C=O) groups excluding carboxylic acids is 2. The van der Waals surface area contributed by atoms with E-state index in [1.165, 1.54) is 11.8 Å². The molecule has 2 rings (SSSR count). The summed E-state index contributed by atoms with van der Waals surface area (Å²) in [5, 5.41) is 9.87. The molecular formula is C15H16ClNO4S.